The van der Waals surface area contributed by atoms with Crippen molar-refractivity contribution in [2.75, 3.05) is 39.5 Å². The first kappa shape index (κ1) is 20.5. The molecule has 0 bridgehead atoms. The second-order valence-corrected chi connectivity index (χ2v) is 7.01. The van der Waals surface area contributed by atoms with Crippen molar-refractivity contribution in [1.29, 1.82) is 0 Å². The lowest BCUT2D eigenvalue weighted by Crippen LogP contribution is -2.57. The molecule has 0 spiro atoms. The van der Waals surface area contributed by atoms with Gasteiger partial charge in [0.25, 0.3) is 0 Å². The van der Waals surface area contributed by atoms with Crippen LogP contribution in [-0.2, 0) is 19.1 Å². The van der Waals surface area contributed by atoms with E-state index in [9.17, 15) is 19.5 Å². The fourth-order valence-corrected chi connectivity index (χ4v) is 3.88. The van der Waals surface area contributed by atoms with E-state index in [-0.39, 0.29) is 31.6 Å². The maximum absolute atomic E-state index is 13.5. The first-order chi connectivity index (χ1) is 12.4. The molecule has 2 rings (SSSR count). The standard InChI is InChI=1S/C18H30N2O6/c1-3-18(7-10-25-11-8-18)16(22)20(13-15(21)26-4-2)14-6-5-9-19(12-14)17(23)24/h14H,3-13H2,1-2H3,(H,23,24)/t14-/m0/s1. The van der Waals surface area contributed by atoms with Gasteiger partial charge in [0.1, 0.15) is 6.54 Å². The topological polar surface area (TPSA) is 96.4 Å². The number of rotatable bonds is 6. The van der Waals surface area contributed by atoms with Gasteiger partial charge in [0.05, 0.1) is 18.1 Å². The molecule has 0 unspecified atom stereocenters. The lowest BCUT2D eigenvalue weighted by molar-refractivity contribution is -0.159. The number of carbonyl (C=O) groups excluding carboxylic acids is 2. The first-order valence-electron chi connectivity index (χ1n) is 9.46. The van der Waals surface area contributed by atoms with E-state index in [4.69, 9.17) is 9.47 Å². The Morgan fingerprint density at radius 2 is 1.96 bits per heavy atom. The van der Waals surface area contributed by atoms with Crippen LogP contribution in [0.5, 0.6) is 0 Å². The van der Waals surface area contributed by atoms with Crippen molar-refractivity contribution in [2.24, 2.45) is 5.41 Å². The number of esters is 1. The third kappa shape index (κ3) is 4.66. The summed E-state index contributed by atoms with van der Waals surface area (Å²) in [5, 5.41) is 9.30. The van der Waals surface area contributed by atoms with Crippen LogP contribution in [0.2, 0.25) is 0 Å². The highest BCUT2D eigenvalue weighted by Gasteiger charge is 2.44. The predicted molar refractivity (Wildman–Crippen MR) is 93.7 cm³/mol. The molecule has 2 saturated heterocycles. The lowest BCUT2D eigenvalue weighted by atomic mass is 9.76. The van der Waals surface area contributed by atoms with E-state index < -0.39 is 17.5 Å². The third-order valence-corrected chi connectivity index (χ3v) is 5.55. The smallest absolute Gasteiger partial charge is 0.407 e. The van der Waals surface area contributed by atoms with Gasteiger partial charge in [-0.1, -0.05) is 6.92 Å². The Balaban J connectivity index is 2.23. The Morgan fingerprint density at radius 3 is 2.54 bits per heavy atom. The Morgan fingerprint density at radius 1 is 1.27 bits per heavy atom. The minimum Gasteiger partial charge on any atom is -0.465 e. The van der Waals surface area contributed by atoms with Gasteiger partial charge in [-0.15, -0.1) is 0 Å². The molecule has 0 aromatic rings. The van der Waals surface area contributed by atoms with Crippen LogP contribution in [0.25, 0.3) is 0 Å². The van der Waals surface area contributed by atoms with Crippen LogP contribution in [-0.4, -0.2) is 78.4 Å². The van der Waals surface area contributed by atoms with Gasteiger partial charge < -0.3 is 24.4 Å². The Labute approximate surface area is 154 Å². The van der Waals surface area contributed by atoms with Gasteiger partial charge in [-0.3, -0.25) is 9.59 Å². The Hall–Kier alpha value is -1.83. The second kappa shape index (κ2) is 9.21. The zero-order valence-corrected chi connectivity index (χ0v) is 15.7. The maximum atomic E-state index is 13.5. The number of hydrogen-bond acceptors (Lipinski definition) is 5. The fraction of sp³-hybridized carbons (Fsp3) is 0.833. The monoisotopic (exact) mass is 370 g/mol. The number of carboxylic acid groups (broad SMARTS) is 1. The van der Waals surface area contributed by atoms with Crippen molar-refractivity contribution in [2.45, 2.75) is 52.0 Å². The minimum absolute atomic E-state index is 0.0754. The van der Waals surface area contributed by atoms with Crippen molar-refractivity contribution in [1.82, 2.24) is 9.80 Å². The van der Waals surface area contributed by atoms with Crippen LogP contribution in [0.3, 0.4) is 0 Å². The molecule has 0 aromatic carbocycles. The fourth-order valence-electron chi connectivity index (χ4n) is 3.88. The van der Waals surface area contributed by atoms with Gasteiger partial charge in [-0.05, 0) is 39.0 Å². The van der Waals surface area contributed by atoms with Crippen LogP contribution >= 0.6 is 0 Å². The number of hydrogen-bond donors (Lipinski definition) is 1. The minimum atomic E-state index is -0.991. The molecule has 2 heterocycles. The summed E-state index contributed by atoms with van der Waals surface area (Å²) < 4.78 is 10.5. The molecule has 2 aliphatic rings. The molecule has 0 aromatic heterocycles. The second-order valence-electron chi connectivity index (χ2n) is 7.01. The van der Waals surface area contributed by atoms with Crippen molar-refractivity contribution < 1.29 is 29.0 Å². The van der Waals surface area contributed by atoms with Crippen molar-refractivity contribution in [3.63, 3.8) is 0 Å². The quantitative estimate of drug-likeness (QED) is 0.715. The van der Waals surface area contributed by atoms with Crippen LogP contribution in [0.15, 0.2) is 0 Å². The molecule has 2 aliphatic heterocycles. The van der Waals surface area contributed by atoms with E-state index in [2.05, 4.69) is 0 Å². The van der Waals surface area contributed by atoms with Gasteiger partial charge in [0.15, 0.2) is 0 Å². The summed E-state index contributed by atoms with van der Waals surface area (Å²) in [5.74, 6) is -0.528. The van der Waals surface area contributed by atoms with E-state index in [1.165, 1.54) is 4.90 Å². The molecule has 2 amide bonds. The van der Waals surface area contributed by atoms with Crippen molar-refractivity contribution in [3.8, 4) is 0 Å². The van der Waals surface area contributed by atoms with E-state index in [1.807, 2.05) is 6.92 Å². The zero-order chi connectivity index (χ0) is 19.2. The lowest BCUT2D eigenvalue weighted by Gasteiger charge is -2.44. The summed E-state index contributed by atoms with van der Waals surface area (Å²) in [6.45, 7) is 5.57. The number of carbonyl (C=O) groups is 3. The summed E-state index contributed by atoms with van der Waals surface area (Å²) in [4.78, 5) is 39.8. The molecular formula is C18H30N2O6. The zero-order valence-electron chi connectivity index (χ0n) is 15.7. The molecule has 8 nitrogen and oxygen atoms in total. The van der Waals surface area contributed by atoms with Crippen LogP contribution in [0.1, 0.15) is 46.0 Å². The normalized spacial score (nSPS) is 22.5. The van der Waals surface area contributed by atoms with E-state index in [0.29, 0.717) is 51.9 Å². The summed E-state index contributed by atoms with van der Waals surface area (Å²) in [6.07, 6.45) is 2.28. The molecular weight excluding hydrogens is 340 g/mol. The SMILES string of the molecule is CCOC(=O)CN(C(=O)C1(CC)CCOCC1)[C@H]1CCCN(C(=O)O)C1. The Kier molecular flexibility index (Phi) is 7.25. The van der Waals surface area contributed by atoms with Crippen LogP contribution in [0.4, 0.5) is 4.79 Å². The molecule has 26 heavy (non-hydrogen) atoms. The molecule has 1 atom stereocenters. The number of ether oxygens (including phenoxy) is 2. The molecule has 148 valence electrons. The van der Waals surface area contributed by atoms with E-state index in [1.54, 1.807) is 11.8 Å². The highest BCUT2D eigenvalue weighted by molar-refractivity contribution is 5.87. The highest BCUT2D eigenvalue weighted by atomic mass is 16.5. The van der Waals surface area contributed by atoms with Crippen molar-refractivity contribution >= 4 is 18.0 Å². The maximum Gasteiger partial charge on any atom is 0.407 e. The van der Waals surface area contributed by atoms with E-state index in [0.717, 1.165) is 0 Å². The van der Waals surface area contributed by atoms with Crippen molar-refractivity contribution in [3.05, 3.63) is 0 Å². The number of nitrogens with zero attached hydrogens (tertiary/aromatic N) is 2. The molecule has 2 fully saturated rings. The third-order valence-electron chi connectivity index (χ3n) is 5.55. The number of piperidine rings is 1. The van der Waals surface area contributed by atoms with Gasteiger partial charge in [0, 0.05) is 26.3 Å². The van der Waals surface area contributed by atoms with Crippen LogP contribution in [0, 0.1) is 5.41 Å². The Bertz CT molecular complexity index is 518. The first-order valence-corrected chi connectivity index (χ1v) is 9.46. The average Bonchev–Trinajstić information content (AvgIpc) is 2.66. The summed E-state index contributed by atoms with van der Waals surface area (Å²) in [5.41, 5.74) is -0.545. The van der Waals surface area contributed by atoms with Gasteiger partial charge in [-0.25, -0.2) is 4.79 Å². The average molecular weight is 370 g/mol. The van der Waals surface area contributed by atoms with Gasteiger partial charge in [-0.2, -0.15) is 0 Å². The molecule has 0 aliphatic carbocycles. The largest absolute Gasteiger partial charge is 0.465 e. The molecule has 0 radical (unpaired) electrons. The molecule has 1 N–H and O–H groups in total. The van der Waals surface area contributed by atoms with Gasteiger partial charge in [0.2, 0.25) is 5.91 Å². The molecule has 0 saturated carbocycles. The predicted octanol–water partition coefficient (Wildman–Crippen LogP) is 1.73. The molecule has 8 heteroatoms. The summed E-state index contributed by atoms with van der Waals surface area (Å²) >= 11 is 0. The number of amides is 2. The number of likely N-dealkylation sites (tertiary alicyclic amines) is 1. The summed E-state index contributed by atoms with van der Waals surface area (Å²) in [7, 11) is 0. The summed E-state index contributed by atoms with van der Waals surface area (Å²) in [6, 6.07) is -0.303. The van der Waals surface area contributed by atoms with Gasteiger partial charge >= 0.3 is 12.1 Å². The highest BCUT2D eigenvalue weighted by Crippen LogP contribution is 2.37. The van der Waals surface area contributed by atoms with E-state index >= 15 is 0 Å². The van der Waals surface area contributed by atoms with Crippen LogP contribution < -0.4 is 0 Å².